The lowest BCUT2D eigenvalue weighted by molar-refractivity contribution is 0.669. The SMILES string of the molecule is c1ccc(-c2nc(-c3cccc4oc5ccc(-c6cccc7sc8ccccc8c67)cc5c34)nc(-n3c4ccccc4c4ccccc43)n2)cc1. The third kappa shape index (κ3) is 4.30. The molecular formula is C45H26N4OS. The van der Waals surface area contributed by atoms with Gasteiger partial charge in [-0.3, -0.25) is 4.57 Å². The minimum Gasteiger partial charge on any atom is -0.456 e. The topological polar surface area (TPSA) is 56.7 Å². The summed E-state index contributed by atoms with van der Waals surface area (Å²) in [5.41, 5.74) is 7.86. The second kappa shape index (κ2) is 10.9. The summed E-state index contributed by atoms with van der Waals surface area (Å²) in [5.74, 6) is 1.77. The zero-order valence-electron chi connectivity index (χ0n) is 27.1. The number of furan rings is 1. The van der Waals surface area contributed by atoms with Crippen LogP contribution in [0.1, 0.15) is 0 Å². The molecule has 7 aromatic carbocycles. The van der Waals surface area contributed by atoms with E-state index in [0.717, 1.165) is 60.4 Å². The number of nitrogens with zero attached hydrogens (tertiary/aromatic N) is 4. The van der Waals surface area contributed by atoms with Gasteiger partial charge in [-0.25, -0.2) is 4.98 Å². The fourth-order valence-electron chi connectivity index (χ4n) is 7.64. The van der Waals surface area contributed by atoms with Crippen molar-refractivity contribution < 1.29 is 4.42 Å². The van der Waals surface area contributed by atoms with E-state index >= 15 is 0 Å². The van der Waals surface area contributed by atoms with E-state index in [1.165, 1.54) is 25.7 Å². The van der Waals surface area contributed by atoms with Crippen LogP contribution in [-0.2, 0) is 0 Å². The van der Waals surface area contributed by atoms with Gasteiger partial charge in [0.25, 0.3) is 0 Å². The van der Waals surface area contributed by atoms with Crippen LogP contribution < -0.4 is 0 Å². The normalized spacial score (nSPS) is 11.9. The molecule has 4 heterocycles. The Morgan fingerprint density at radius 2 is 1.10 bits per heavy atom. The summed E-state index contributed by atoms with van der Waals surface area (Å²) in [6.45, 7) is 0. The highest BCUT2D eigenvalue weighted by molar-refractivity contribution is 7.25. The van der Waals surface area contributed by atoms with Gasteiger partial charge in [0, 0.05) is 52.8 Å². The van der Waals surface area contributed by atoms with Crippen molar-refractivity contribution in [2.24, 2.45) is 0 Å². The Morgan fingerprint density at radius 1 is 0.431 bits per heavy atom. The number of hydrogen-bond acceptors (Lipinski definition) is 5. The zero-order valence-corrected chi connectivity index (χ0v) is 27.9. The van der Waals surface area contributed by atoms with Gasteiger partial charge in [0.15, 0.2) is 11.6 Å². The molecule has 0 saturated heterocycles. The summed E-state index contributed by atoms with van der Waals surface area (Å²) < 4.78 is 11.2. The Morgan fingerprint density at radius 3 is 1.92 bits per heavy atom. The first-order valence-electron chi connectivity index (χ1n) is 16.9. The van der Waals surface area contributed by atoms with Gasteiger partial charge in [0.2, 0.25) is 5.95 Å². The number of aromatic nitrogens is 4. The summed E-state index contributed by atoms with van der Waals surface area (Å²) in [7, 11) is 0. The van der Waals surface area contributed by atoms with Crippen LogP contribution in [0.5, 0.6) is 0 Å². The van der Waals surface area contributed by atoms with E-state index in [9.17, 15) is 0 Å². The van der Waals surface area contributed by atoms with Crippen LogP contribution in [0, 0.1) is 0 Å². The highest BCUT2D eigenvalue weighted by Crippen LogP contribution is 2.43. The van der Waals surface area contributed by atoms with Crippen LogP contribution in [0.25, 0.3) is 104 Å². The Bertz CT molecular complexity index is 3100. The Hall–Kier alpha value is -6.63. The number of hydrogen-bond donors (Lipinski definition) is 0. The maximum atomic E-state index is 6.51. The first-order chi connectivity index (χ1) is 25.3. The molecule has 0 saturated carbocycles. The number of rotatable bonds is 4. The summed E-state index contributed by atoms with van der Waals surface area (Å²) in [5, 5.41) is 6.87. The molecule has 0 N–H and O–H groups in total. The smallest absolute Gasteiger partial charge is 0.238 e. The van der Waals surface area contributed by atoms with Crippen LogP contribution in [0.2, 0.25) is 0 Å². The van der Waals surface area contributed by atoms with Gasteiger partial charge in [-0.15, -0.1) is 11.3 Å². The van der Waals surface area contributed by atoms with Gasteiger partial charge in [-0.1, -0.05) is 115 Å². The van der Waals surface area contributed by atoms with E-state index in [4.69, 9.17) is 19.4 Å². The first-order valence-corrected chi connectivity index (χ1v) is 17.8. The quantitative estimate of drug-likeness (QED) is 0.187. The molecule has 11 aromatic rings. The van der Waals surface area contributed by atoms with Crippen LogP contribution >= 0.6 is 11.3 Å². The maximum absolute atomic E-state index is 6.51. The lowest BCUT2D eigenvalue weighted by Crippen LogP contribution is -2.06. The zero-order chi connectivity index (χ0) is 33.5. The van der Waals surface area contributed by atoms with E-state index in [-0.39, 0.29) is 0 Å². The summed E-state index contributed by atoms with van der Waals surface area (Å²) in [6.07, 6.45) is 0. The molecule has 51 heavy (non-hydrogen) atoms. The Labute approximate surface area is 295 Å². The van der Waals surface area contributed by atoms with Gasteiger partial charge in [0.1, 0.15) is 11.2 Å². The first kappa shape index (κ1) is 28.2. The second-order valence-corrected chi connectivity index (χ2v) is 13.9. The highest BCUT2D eigenvalue weighted by Gasteiger charge is 2.21. The van der Waals surface area contributed by atoms with Gasteiger partial charge in [0.05, 0.1) is 11.0 Å². The van der Waals surface area contributed by atoms with Crippen molar-refractivity contribution in [3.8, 4) is 39.9 Å². The van der Waals surface area contributed by atoms with E-state index in [1.807, 2.05) is 53.8 Å². The number of para-hydroxylation sites is 2. The third-order valence-electron chi connectivity index (χ3n) is 9.89. The molecule has 5 nitrogen and oxygen atoms in total. The van der Waals surface area contributed by atoms with Gasteiger partial charge in [-0.2, -0.15) is 9.97 Å². The van der Waals surface area contributed by atoms with Crippen LogP contribution in [0.15, 0.2) is 162 Å². The van der Waals surface area contributed by atoms with E-state index in [1.54, 1.807) is 0 Å². The molecule has 0 spiro atoms. The molecule has 0 bridgehead atoms. The Kier molecular flexibility index (Phi) is 6.05. The number of benzene rings is 7. The fraction of sp³-hybridized carbons (Fsp3) is 0. The third-order valence-corrected chi connectivity index (χ3v) is 11.0. The fourth-order valence-corrected chi connectivity index (χ4v) is 8.77. The lowest BCUT2D eigenvalue weighted by atomic mass is 9.97. The monoisotopic (exact) mass is 670 g/mol. The molecule has 0 aliphatic rings. The lowest BCUT2D eigenvalue weighted by Gasteiger charge is -2.11. The largest absolute Gasteiger partial charge is 0.456 e. The predicted molar refractivity (Wildman–Crippen MR) is 211 cm³/mol. The molecule has 0 fully saturated rings. The molecule has 0 unspecified atom stereocenters. The van der Waals surface area contributed by atoms with Crippen molar-refractivity contribution in [1.29, 1.82) is 0 Å². The highest BCUT2D eigenvalue weighted by atomic mass is 32.1. The predicted octanol–water partition coefficient (Wildman–Crippen LogP) is 12.2. The standard InChI is InChI=1S/C45H26N4OS/c1-2-12-27(13-3-1)43-46-44(48-45(47-43)49-35-19-7-4-14-30(35)31-15-5-8-20-36(31)49)33-18-10-21-38-41(33)34-26-28(24-25-37(34)50-38)29-17-11-23-40-42(29)32-16-6-9-22-39(32)51-40/h1-26H. The molecular weight excluding hydrogens is 645 g/mol. The van der Waals surface area contributed by atoms with Crippen molar-refractivity contribution >= 4 is 75.3 Å². The van der Waals surface area contributed by atoms with Crippen molar-refractivity contribution in [3.63, 3.8) is 0 Å². The van der Waals surface area contributed by atoms with Crippen LogP contribution in [0.3, 0.4) is 0 Å². The molecule has 6 heteroatoms. The molecule has 11 rings (SSSR count). The molecule has 238 valence electrons. The molecule has 0 aliphatic carbocycles. The minimum absolute atomic E-state index is 0.567. The van der Waals surface area contributed by atoms with Crippen LogP contribution in [0.4, 0.5) is 0 Å². The van der Waals surface area contributed by atoms with E-state index in [0.29, 0.717) is 17.6 Å². The molecule has 0 radical (unpaired) electrons. The van der Waals surface area contributed by atoms with E-state index < -0.39 is 0 Å². The van der Waals surface area contributed by atoms with Crippen LogP contribution in [-0.4, -0.2) is 19.5 Å². The van der Waals surface area contributed by atoms with Gasteiger partial charge < -0.3 is 4.42 Å². The summed E-state index contributed by atoms with van der Waals surface area (Å²) >= 11 is 1.84. The van der Waals surface area contributed by atoms with E-state index in [2.05, 4.69) is 120 Å². The molecule has 0 aliphatic heterocycles. The molecule has 4 aromatic heterocycles. The van der Waals surface area contributed by atoms with Crippen molar-refractivity contribution in [2.75, 3.05) is 0 Å². The molecule has 0 atom stereocenters. The number of fused-ring (bicyclic) bond motifs is 9. The van der Waals surface area contributed by atoms with Crippen molar-refractivity contribution in [2.45, 2.75) is 0 Å². The van der Waals surface area contributed by atoms with Crippen molar-refractivity contribution in [1.82, 2.24) is 19.5 Å². The average Bonchev–Trinajstić information content (AvgIpc) is 3.87. The second-order valence-electron chi connectivity index (χ2n) is 12.8. The summed E-state index contributed by atoms with van der Waals surface area (Å²) in [6, 6.07) is 54.9. The molecule has 0 amide bonds. The van der Waals surface area contributed by atoms with Gasteiger partial charge >= 0.3 is 0 Å². The Balaban J connectivity index is 1.18. The minimum atomic E-state index is 0.567. The maximum Gasteiger partial charge on any atom is 0.238 e. The summed E-state index contributed by atoms with van der Waals surface area (Å²) in [4.78, 5) is 15.5. The van der Waals surface area contributed by atoms with Gasteiger partial charge in [-0.05, 0) is 53.6 Å². The van der Waals surface area contributed by atoms with Crippen molar-refractivity contribution in [3.05, 3.63) is 158 Å². The number of thiophene rings is 1. The average molecular weight is 671 g/mol.